The molecule has 34 heavy (non-hydrogen) atoms. The van der Waals surface area contributed by atoms with Crippen LogP contribution in [0.1, 0.15) is 56.4 Å². The average molecular weight is 517 g/mol. The number of benzene rings is 1. The van der Waals surface area contributed by atoms with Crippen LogP contribution >= 0.6 is 24.0 Å². The second-order valence-corrected chi connectivity index (χ2v) is 9.28. The van der Waals surface area contributed by atoms with Crippen LogP contribution in [0.15, 0.2) is 18.2 Å². The van der Waals surface area contributed by atoms with Crippen molar-refractivity contribution >= 4 is 40.8 Å². The van der Waals surface area contributed by atoms with E-state index in [1.165, 1.54) is 0 Å². The quantitative estimate of drug-likeness (QED) is 0.406. The molecule has 0 radical (unpaired) electrons. The monoisotopic (exact) mass is 515 g/mol. The van der Waals surface area contributed by atoms with Crippen LogP contribution in [-0.4, -0.2) is 72.6 Å². The second kappa shape index (κ2) is 14.1. The van der Waals surface area contributed by atoms with Crippen molar-refractivity contribution in [2.24, 2.45) is 0 Å². The van der Waals surface area contributed by atoms with Gasteiger partial charge in [0.1, 0.15) is 11.4 Å². The summed E-state index contributed by atoms with van der Waals surface area (Å²) in [5, 5.41) is 13.9. The van der Waals surface area contributed by atoms with E-state index in [1.54, 1.807) is 7.11 Å². The predicted octanol–water partition coefficient (Wildman–Crippen LogP) is 4.51. The van der Waals surface area contributed by atoms with Crippen LogP contribution in [0.5, 0.6) is 5.75 Å². The molecule has 2 N–H and O–H groups in total. The number of hydrogen-bond acceptors (Lipinski definition) is 5. The zero-order chi connectivity index (χ0) is 23.8. The SMILES string of the molecule is COCCCCn1c(C(=O)N(C(C)C)[C@@H]2CCCNC2)c(Cl)c2cccc(OCCCO)c21.Cl. The van der Waals surface area contributed by atoms with Crippen LogP contribution in [-0.2, 0) is 11.3 Å². The van der Waals surface area contributed by atoms with Crippen LogP contribution in [0, 0.1) is 0 Å². The Morgan fingerprint density at radius 2 is 2.09 bits per heavy atom. The van der Waals surface area contributed by atoms with Gasteiger partial charge in [0.15, 0.2) is 0 Å². The Labute approximate surface area is 214 Å². The number of ether oxygens (including phenoxy) is 2. The molecule has 1 aromatic heterocycles. The van der Waals surface area contributed by atoms with Crippen molar-refractivity contribution in [1.29, 1.82) is 0 Å². The third-order valence-corrected chi connectivity index (χ3v) is 6.56. The number of halogens is 2. The lowest BCUT2D eigenvalue weighted by Gasteiger charge is -2.38. The fourth-order valence-corrected chi connectivity index (χ4v) is 5.00. The summed E-state index contributed by atoms with van der Waals surface area (Å²) in [4.78, 5) is 16.0. The largest absolute Gasteiger partial charge is 0.491 e. The minimum atomic E-state index is -0.0343. The maximum absolute atomic E-state index is 14.1. The maximum Gasteiger partial charge on any atom is 0.272 e. The van der Waals surface area contributed by atoms with Gasteiger partial charge in [0.25, 0.3) is 5.91 Å². The number of amides is 1. The van der Waals surface area contributed by atoms with Crippen LogP contribution in [0.4, 0.5) is 0 Å². The Morgan fingerprint density at radius 3 is 2.74 bits per heavy atom. The van der Waals surface area contributed by atoms with E-state index in [1.807, 2.05) is 27.7 Å². The zero-order valence-electron chi connectivity index (χ0n) is 20.5. The molecule has 9 heteroatoms. The van der Waals surface area contributed by atoms with Gasteiger partial charge in [-0.15, -0.1) is 12.4 Å². The Bertz CT molecular complexity index is 913. The number of aromatic nitrogens is 1. The van der Waals surface area contributed by atoms with E-state index < -0.39 is 0 Å². The number of piperidine rings is 1. The van der Waals surface area contributed by atoms with Crippen molar-refractivity contribution in [2.45, 2.75) is 64.6 Å². The van der Waals surface area contributed by atoms with E-state index in [0.717, 1.165) is 49.7 Å². The highest BCUT2D eigenvalue weighted by atomic mass is 35.5. The number of aliphatic hydroxyl groups is 1. The lowest BCUT2D eigenvalue weighted by molar-refractivity contribution is 0.0562. The minimum Gasteiger partial charge on any atom is -0.491 e. The van der Waals surface area contributed by atoms with Gasteiger partial charge in [-0.1, -0.05) is 23.7 Å². The average Bonchev–Trinajstić information content (AvgIpc) is 3.10. The number of methoxy groups -OCH3 is 1. The van der Waals surface area contributed by atoms with E-state index in [0.29, 0.717) is 42.6 Å². The molecule has 1 aliphatic heterocycles. The number of hydrogen-bond donors (Lipinski definition) is 2. The molecule has 7 nitrogen and oxygen atoms in total. The van der Waals surface area contributed by atoms with E-state index in [-0.39, 0.29) is 37.0 Å². The fourth-order valence-electron chi connectivity index (χ4n) is 4.66. The van der Waals surface area contributed by atoms with Gasteiger partial charge >= 0.3 is 0 Å². The highest BCUT2D eigenvalue weighted by Gasteiger charge is 2.33. The topological polar surface area (TPSA) is 76.0 Å². The Morgan fingerprint density at radius 1 is 1.29 bits per heavy atom. The number of nitrogens with one attached hydrogen (secondary N) is 1. The lowest BCUT2D eigenvalue weighted by Crippen LogP contribution is -2.52. The Hall–Kier alpha value is -1.51. The van der Waals surface area contributed by atoms with Gasteiger partial charge in [-0.05, 0) is 52.1 Å². The first-order valence-electron chi connectivity index (χ1n) is 12.1. The van der Waals surface area contributed by atoms with Gasteiger partial charge in [-0.25, -0.2) is 0 Å². The predicted molar refractivity (Wildman–Crippen MR) is 140 cm³/mol. The van der Waals surface area contributed by atoms with Crippen LogP contribution in [0.3, 0.4) is 0 Å². The van der Waals surface area contributed by atoms with Crippen molar-refractivity contribution in [3.8, 4) is 5.75 Å². The number of fused-ring (bicyclic) bond motifs is 1. The second-order valence-electron chi connectivity index (χ2n) is 8.90. The van der Waals surface area contributed by atoms with Gasteiger partial charge in [0, 0.05) is 57.3 Å². The van der Waals surface area contributed by atoms with Gasteiger partial charge in [-0.2, -0.15) is 0 Å². The lowest BCUT2D eigenvalue weighted by atomic mass is 10.0. The molecule has 0 saturated carbocycles. The van der Waals surface area contributed by atoms with Gasteiger partial charge in [-0.3, -0.25) is 4.79 Å². The summed E-state index contributed by atoms with van der Waals surface area (Å²) < 4.78 is 13.3. The van der Waals surface area contributed by atoms with Gasteiger partial charge < -0.3 is 29.4 Å². The summed E-state index contributed by atoms with van der Waals surface area (Å²) in [5.41, 5.74) is 1.37. The van der Waals surface area contributed by atoms with Crippen LogP contribution in [0.25, 0.3) is 10.9 Å². The normalized spacial score (nSPS) is 16.0. The number of unbranched alkanes of at least 4 members (excludes halogenated alkanes) is 1. The number of para-hydroxylation sites is 1. The maximum atomic E-state index is 14.1. The molecule has 1 aromatic carbocycles. The summed E-state index contributed by atoms with van der Waals surface area (Å²) in [6.45, 7) is 7.70. The standard InChI is InChI=1S/C25H38ClN3O4.ClH/c1-18(2)29(19-9-7-12-27-17-19)25(31)24-22(26)20-10-6-11-21(33-16-8-14-30)23(20)28(24)13-4-5-15-32-3;/h6,10-11,18-19,27,30H,4-5,7-9,12-17H2,1-3H3;1H/t19-;/m1./s1. The first-order chi connectivity index (χ1) is 16.0. The van der Waals surface area contributed by atoms with E-state index in [4.69, 9.17) is 26.2 Å². The smallest absolute Gasteiger partial charge is 0.272 e. The molecule has 2 heterocycles. The van der Waals surface area contributed by atoms with Crippen molar-refractivity contribution in [1.82, 2.24) is 14.8 Å². The van der Waals surface area contributed by atoms with Gasteiger partial charge in [0.05, 0.1) is 17.1 Å². The summed E-state index contributed by atoms with van der Waals surface area (Å²) >= 11 is 6.91. The van der Waals surface area contributed by atoms with Crippen molar-refractivity contribution in [2.75, 3.05) is 40.0 Å². The number of aliphatic hydroxyl groups excluding tert-OH is 1. The van der Waals surface area contributed by atoms with Crippen LogP contribution < -0.4 is 10.1 Å². The number of carbonyl (C=O) groups excluding carboxylic acids is 1. The third-order valence-electron chi connectivity index (χ3n) is 6.18. The fraction of sp³-hybridized carbons (Fsp3) is 0.640. The van der Waals surface area contributed by atoms with E-state index in [2.05, 4.69) is 19.2 Å². The Kier molecular flexibility index (Phi) is 12.0. The van der Waals surface area contributed by atoms with Crippen molar-refractivity contribution in [3.63, 3.8) is 0 Å². The molecule has 1 fully saturated rings. The number of nitrogens with zero attached hydrogens (tertiary/aromatic N) is 2. The summed E-state index contributed by atoms with van der Waals surface area (Å²) in [6.07, 6.45) is 4.32. The van der Waals surface area contributed by atoms with E-state index >= 15 is 0 Å². The molecule has 1 atom stereocenters. The number of carbonyl (C=O) groups is 1. The zero-order valence-corrected chi connectivity index (χ0v) is 22.1. The van der Waals surface area contributed by atoms with Crippen LogP contribution in [0.2, 0.25) is 5.02 Å². The van der Waals surface area contributed by atoms with Gasteiger partial charge in [0.2, 0.25) is 0 Å². The number of rotatable bonds is 12. The molecule has 0 spiro atoms. The highest BCUT2D eigenvalue weighted by molar-refractivity contribution is 6.39. The molecule has 3 rings (SSSR count). The Balaban J connectivity index is 0.00000408. The molecule has 0 aliphatic carbocycles. The van der Waals surface area contributed by atoms with E-state index in [9.17, 15) is 4.79 Å². The number of aryl methyl sites for hydroxylation is 1. The minimum absolute atomic E-state index is 0. The summed E-state index contributed by atoms with van der Waals surface area (Å²) in [7, 11) is 1.70. The molecule has 0 bridgehead atoms. The van der Waals surface area contributed by atoms with Crippen molar-refractivity contribution in [3.05, 3.63) is 28.9 Å². The summed E-state index contributed by atoms with van der Waals surface area (Å²) in [5.74, 6) is 0.650. The molecule has 0 unspecified atom stereocenters. The summed E-state index contributed by atoms with van der Waals surface area (Å²) in [6, 6.07) is 5.94. The third kappa shape index (κ3) is 6.58. The first kappa shape index (κ1) is 28.7. The molecule has 2 aromatic rings. The van der Waals surface area contributed by atoms with Crippen molar-refractivity contribution < 1.29 is 19.4 Å². The molecule has 1 amide bonds. The first-order valence-corrected chi connectivity index (χ1v) is 12.5. The molecular formula is C25H39Cl2N3O4. The molecule has 1 saturated heterocycles. The highest BCUT2D eigenvalue weighted by Crippen LogP contribution is 2.38. The molecule has 1 aliphatic rings. The molecule has 192 valence electrons. The molecular weight excluding hydrogens is 477 g/mol.